The number of rotatable bonds is 7. The molecule has 1 saturated carbocycles. The summed E-state index contributed by atoms with van der Waals surface area (Å²) in [6.07, 6.45) is 7.27. The van der Waals surface area contributed by atoms with Crippen molar-refractivity contribution in [1.82, 2.24) is 9.29 Å². The lowest BCUT2D eigenvalue weighted by atomic mass is 10.1. The zero-order valence-corrected chi connectivity index (χ0v) is 21.7. The van der Waals surface area contributed by atoms with Gasteiger partial charge in [0.25, 0.3) is 0 Å². The molecule has 10 heteroatoms. The number of aromatic nitrogens is 1. The standard InChI is InChI=1S/C25H28FN3O3S3/c26-18-10-13-21-22(16-18)34-25(27-21)28-24(30)23(33-19-6-2-3-7-19)17-8-11-20(12-9-17)35(31,32)29-14-4-1-5-15-29/h8-13,16,19,23H,1-7,14-15H2,(H,27,28,30). The number of hydrogen-bond acceptors (Lipinski definition) is 6. The Bertz CT molecular complexity index is 1300. The fourth-order valence-corrected chi connectivity index (χ4v) is 8.60. The lowest BCUT2D eigenvalue weighted by Crippen LogP contribution is -2.35. The van der Waals surface area contributed by atoms with Gasteiger partial charge in [0.1, 0.15) is 11.1 Å². The summed E-state index contributed by atoms with van der Waals surface area (Å²) in [7, 11) is -3.53. The van der Waals surface area contributed by atoms with Crippen LogP contribution in [0.15, 0.2) is 47.4 Å². The Labute approximate surface area is 213 Å². The normalized spacial score (nSPS) is 18.7. The van der Waals surface area contributed by atoms with Crippen LogP contribution in [0.5, 0.6) is 0 Å². The first-order valence-corrected chi connectivity index (χ1v) is 15.2. The molecule has 1 saturated heterocycles. The van der Waals surface area contributed by atoms with E-state index in [2.05, 4.69) is 10.3 Å². The van der Waals surface area contributed by atoms with Gasteiger partial charge in [0.15, 0.2) is 5.13 Å². The number of thioether (sulfide) groups is 1. The van der Waals surface area contributed by atoms with Crippen LogP contribution >= 0.6 is 23.1 Å². The average molecular weight is 534 g/mol. The quantitative estimate of drug-likeness (QED) is 0.405. The first kappa shape index (κ1) is 24.7. The molecule has 6 nitrogen and oxygen atoms in total. The first-order valence-electron chi connectivity index (χ1n) is 12.0. The minimum Gasteiger partial charge on any atom is -0.301 e. The molecular weight excluding hydrogens is 505 g/mol. The minimum absolute atomic E-state index is 0.201. The van der Waals surface area contributed by atoms with E-state index in [9.17, 15) is 17.6 Å². The molecule has 1 unspecified atom stereocenters. The van der Waals surface area contributed by atoms with Crippen molar-refractivity contribution in [1.29, 1.82) is 0 Å². The number of sulfonamides is 1. The topological polar surface area (TPSA) is 79.4 Å². The molecule has 0 spiro atoms. The molecule has 1 aliphatic carbocycles. The van der Waals surface area contributed by atoms with Crippen LogP contribution in [0.3, 0.4) is 0 Å². The van der Waals surface area contributed by atoms with Crippen LogP contribution in [0, 0.1) is 5.82 Å². The Morgan fingerprint density at radius 2 is 1.77 bits per heavy atom. The van der Waals surface area contributed by atoms with E-state index in [4.69, 9.17) is 0 Å². The smallest absolute Gasteiger partial charge is 0.243 e. The van der Waals surface area contributed by atoms with Crippen molar-refractivity contribution in [3.63, 3.8) is 0 Å². The van der Waals surface area contributed by atoms with Crippen molar-refractivity contribution >= 4 is 54.4 Å². The van der Waals surface area contributed by atoms with Gasteiger partial charge in [-0.3, -0.25) is 4.79 Å². The van der Waals surface area contributed by atoms with Gasteiger partial charge in [-0.25, -0.2) is 17.8 Å². The van der Waals surface area contributed by atoms with Gasteiger partial charge < -0.3 is 5.32 Å². The van der Waals surface area contributed by atoms with Crippen molar-refractivity contribution in [2.45, 2.75) is 60.3 Å². The molecule has 186 valence electrons. The maximum Gasteiger partial charge on any atom is 0.243 e. The molecular formula is C25H28FN3O3S3. The zero-order chi connectivity index (χ0) is 24.4. The Morgan fingerprint density at radius 3 is 2.49 bits per heavy atom. The summed E-state index contributed by atoms with van der Waals surface area (Å²) in [6.45, 7) is 1.11. The largest absolute Gasteiger partial charge is 0.301 e. The van der Waals surface area contributed by atoms with E-state index in [1.807, 2.05) is 0 Å². The number of amides is 1. The predicted octanol–water partition coefficient (Wildman–Crippen LogP) is 5.97. The molecule has 0 radical (unpaired) electrons. The van der Waals surface area contributed by atoms with E-state index in [1.54, 1.807) is 46.4 Å². The predicted molar refractivity (Wildman–Crippen MR) is 140 cm³/mol. The molecule has 0 bridgehead atoms. The third-order valence-electron chi connectivity index (χ3n) is 6.59. The van der Waals surface area contributed by atoms with Crippen molar-refractivity contribution < 1.29 is 17.6 Å². The number of carbonyl (C=O) groups is 1. The van der Waals surface area contributed by atoms with Gasteiger partial charge in [0.05, 0.1) is 15.1 Å². The molecule has 1 atom stereocenters. The Hall–Kier alpha value is -2.01. The molecule has 2 aliphatic rings. The molecule has 2 heterocycles. The molecule has 1 N–H and O–H groups in total. The van der Waals surface area contributed by atoms with Crippen molar-refractivity contribution in [2.75, 3.05) is 18.4 Å². The third-order valence-corrected chi connectivity index (χ3v) is 11.0. The number of thiazole rings is 1. The molecule has 35 heavy (non-hydrogen) atoms. The molecule has 1 aliphatic heterocycles. The maximum absolute atomic E-state index is 13.6. The third kappa shape index (κ3) is 5.55. The Morgan fingerprint density at radius 1 is 1.06 bits per heavy atom. The lowest BCUT2D eigenvalue weighted by molar-refractivity contribution is -0.115. The number of carbonyl (C=O) groups excluding carboxylic acids is 1. The van der Waals surface area contributed by atoms with Crippen molar-refractivity contribution in [3.05, 3.63) is 53.8 Å². The van der Waals surface area contributed by atoms with Gasteiger partial charge in [-0.15, -0.1) is 11.8 Å². The van der Waals surface area contributed by atoms with Crippen LogP contribution in [-0.4, -0.2) is 42.0 Å². The van der Waals surface area contributed by atoms with Crippen LogP contribution in [0.4, 0.5) is 9.52 Å². The Kier molecular flexibility index (Phi) is 7.43. The fraction of sp³-hybridized carbons (Fsp3) is 0.440. The summed E-state index contributed by atoms with van der Waals surface area (Å²) < 4.78 is 41.9. The number of hydrogen-bond donors (Lipinski definition) is 1. The number of nitrogens with zero attached hydrogens (tertiary/aromatic N) is 2. The maximum atomic E-state index is 13.6. The van der Waals surface area contributed by atoms with E-state index in [-0.39, 0.29) is 16.6 Å². The van der Waals surface area contributed by atoms with Gasteiger partial charge in [-0.05, 0) is 61.6 Å². The number of nitrogens with one attached hydrogen (secondary N) is 1. The second-order valence-corrected chi connectivity index (χ2v) is 13.5. The van der Waals surface area contributed by atoms with Crippen LogP contribution in [0.25, 0.3) is 10.2 Å². The number of anilines is 1. The lowest BCUT2D eigenvalue weighted by Gasteiger charge is -2.26. The van der Waals surface area contributed by atoms with Crippen LogP contribution < -0.4 is 5.32 Å². The highest BCUT2D eigenvalue weighted by Crippen LogP contribution is 2.41. The second-order valence-electron chi connectivity index (χ2n) is 9.08. The summed E-state index contributed by atoms with van der Waals surface area (Å²) in [4.78, 5) is 18.1. The van der Waals surface area contributed by atoms with Crippen LogP contribution in [0.1, 0.15) is 55.8 Å². The zero-order valence-electron chi connectivity index (χ0n) is 19.3. The highest BCUT2D eigenvalue weighted by molar-refractivity contribution is 8.00. The Balaban J connectivity index is 1.38. The number of fused-ring (bicyclic) bond motifs is 1. The molecule has 2 aromatic carbocycles. The van der Waals surface area contributed by atoms with Crippen LogP contribution in [0.2, 0.25) is 0 Å². The number of halogens is 1. The molecule has 2 fully saturated rings. The van der Waals surface area contributed by atoms with E-state index in [1.165, 1.54) is 23.5 Å². The SMILES string of the molecule is O=C(Nc1nc2ccc(F)cc2s1)C(SC1CCCC1)c1ccc(S(=O)(=O)N2CCCCC2)cc1. The van der Waals surface area contributed by atoms with E-state index in [0.717, 1.165) is 50.5 Å². The van der Waals surface area contributed by atoms with Gasteiger partial charge in [0, 0.05) is 18.3 Å². The summed E-state index contributed by atoms with van der Waals surface area (Å²) in [5.41, 5.74) is 1.41. The van der Waals surface area contributed by atoms with Crippen molar-refractivity contribution in [3.8, 4) is 0 Å². The van der Waals surface area contributed by atoms with Gasteiger partial charge in [-0.2, -0.15) is 4.31 Å². The van der Waals surface area contributed by atoms with E-state index in [0.29, 0.717) is 33.7 Å². The van der Waals surface area contributed by atoms with Crippen molar-refractivity contribution in [2.24, 2.45) is 0 Å². The second kappa shape index (κ2) is 10.5. The highest BCUT2D eigenvalue weighted by Gasteiger charge is 2.30. The number of piperidine rings is 1. The minimum atomic E-state index is -3.53. The summed E-state index contributed by atoms with van der Waals surface area (Å²) in [5.74, 6) is -0.540. The highest BCUT2D eigenvalue weighted by atomic mass is 32.2. The summed E-state index contributed by atoms with van der Waals surface area (Å²) in [5, 5.41) is 3.24. The first-order chi connectivity index (χ1) is 16.9. The van der Waals surface area contributed by atoms with Gasteiger partial charge in [0.2, 0.25) is 15.9 Å². The molecule has 1 amide bonds. The monoisotopic (exact) mass is 533 g/mol. The van der Waals surface area contributed by atoms with E-state index >= 15 is 0 Å². The molecule has 3 aromatic rings. The summed E-state index contributed by atoms with van der Waals surface area (Å²) >= 11 is 2.87. The fourth-order valence-electron chi connectivity index (χ4n) is 4.70. The molecule has 5 rings (SSSR count). The molecule has 1 aromatic heterocycles. The summed E-state index contributed by atoms with van der Waals surface area (Å²) in [6, 6.07) is 11.1. The van der Waals surface area contributed by atoms with Gasteiger partial charge >= 0.3 is 0 Å². The van der Waals surface area contributed by atoms with Crippen LogP contribution in [-0.2, 0) is 14.8 Å². The average Bonchev–Trinajstić information content (AvgIpc) is 3.52. The number of benzene rings is 2. The van der Waals surface area contributed by atoms with Gasteiger partial charge in [-0.1, -0.05) is 42.7 Å². The van der Waals surface area contributed by atoms with E-state index < -0.39 is 15.3 Å².